The lowest BCUT2D eigenvalue weighted by atomic mass is 10.2. The van der Waals surface area contributed by atoms with Gasteiger partial charge in [0.2, 0.25) is 0 Å². The van der Waals surface area contributed by atoms with Gasteiger partial charge in [0.25, 0.3) is 0 Å². The van der Waals surface area contributed by atoms with Crippen molar-refractivity contribution in [3.05, 3.63) is 23.9 Å². The molecular weight excluding hydrogens is 527 g/mol. The Morgan fingerprint density at radius 2 is 1.90 bits per heavy atom. The molecule has 0 amide bonds. The van der Waals surface area contributed by atoms with Gasteiger partial charge in [0.05, 0.1) is 17.0 Å². The minimum atomic E-state index is -3.08. The Morgan fingerprint density at radius 3 is 2.52 bits per heavy atom. The number of aromatic nitrogens is 1. The van der Waals surface area contributed by atoms with Crippen LogP contribution in [0.15, 0.2) is 23.3 Å². The summed E-state index contributed by atoms with van der Waals surface area (Å²) in [5.74, 6) is 1.94. The van der Waals surface area contributed by atoms with Crippen LogP contribution in [0.1, 0.15) is 33.3 Å². The van der Waals surface area contributed by atoms with E-state index in [1.54, 1.807) is 13.8 Å². The lowest BCUT2D eigenvalue weighted by molar-refractivity contribution is 0.270. The Kier molecular flexibility index (Phi) is 9.38. The van der Waals surface area contributed by atoms with Gasteiger partial charge in [0.1, 0.15) is 5.82 Å². The summed E-state index contributed by atoms with van der Waals surface area (Å²) in [5, 5.41) is 3.33. The van der Waals surface area contributed by atoms with Crippen molar-refractivity contribution in [2.24, 2.45) is 4.99 Å². The number of halogens is 1. The largest absolute Gasteiger partial charge is 0.357 e. The van der Waals surface area contributed by atoms with Crippen LogP contribution in [0.25, 0.3) is 0 Å². The number of guanidine groups is 1. The third-order valence-corrected chi connectivity index (χ3v) is 8.58. The number of sulfone groups is 1. The molecule has 0 radical (unpaired) electrons. The predicted octanol–water partition coefficient (Wildman–Crippen LogP) is 1.82. The van der Waals surface area contributed by atoms with Gasteiger partial charge in [-0.1, -0.05) is 6.92 Å². The molecule has 8 nitrogen and oxygen atoms in total. The first kappa shape index (κ1) is 26.1. The van der Waals surface area contributed by atoms with E-state index in [-0.39, 0.29) is 29.7 Å². The molecule has 0 aromatic carbocycles. The van der Waals surface area contributed by atoms with Gasteiger partial charge >= 0.3 is 0 Å². The zero-order valence-corrected chi connectivity index (χ0v) is 22.3. The highest BCUT2D eigenvalue weighted by atomic mass is 127. The van der Waals surface area contributed by atoms with Gasteiger partial charge in [0.15, 0.2) is 15.8 Å². The van der Waals surface area contributed by atoms with E-state index >= 15 is 0 Å². The van der Waals surface area contributed by atoms with Crippen molar-refractivity contribution in [3.63, 3.8) is 0 Å². The fraction of sp³-hybridized carbons (Fsp3) is 0.714. The average molecular weight is 565 g/mol. The van der Waals surface area contributed by atoms with E-state index < -0.39 is 14.6 Å². The third-order valence-electron chi connectivity index (χ3n) is 6.04. The van der Waals surface area contributed by atoms with Crippen LogP contribution in [-0.4, -0.2) is 92.0 Å². The third kappa shape index (κ3) is 6.44. The molecular formula is C21H37IN6O2S. The second-order valence-corrected chi connectivity index (χ2v) is 11.4. The van der Waals surface area contributed by atoms with Gasteiger partial charge in [-0.2, -0.15) is 0 Å². The molecule has 2 fully saturated rings. The smallest absolute Gasteiger partial charge is 0.194 e. The normalized spacial score (nSPS) is 21.5. The summed E-state index contributed by atoms with van der Waals surface area (Å²) in [6.07, 6.45) is 1.86. The summed E-state index contributed by atoms with van der Waals surface area (Å²) in [7, 11) is -3.08. The number of pyridine rings is 1. The molecule has 0 unspecified atom stereocenters. The SMILES string of the molecule is CCNC(=NCc1ccnc(N2CCN(CC)CC2)c1)N1CCS(=O)(=O)C(C)(C)C1.I. The average Bonchev–Trinajstić information content (AvgIpc) is 2.73. The molecule has 0 aliphatic carbocycles. The molecule has 3 rings (SSSR count). The predicted molar refractivity (Wildman–Crippen MR) is 138 cm³/mol. The number of hydrogen-bond acceptors (Lipinski definition) is 6. The molecule has 1 aromatic heterocycles. The Bertz CT molecular complexity index is 853. The summed E-state index contributed by atoms with van der Waals surface area (Å²) in [6.45, 7) is 15.2. The number of anilines is 1. The zero-order valence-electron chi connectivity index (χ0n) is 19.2. The van der Waals surface area contributed by atoms with Crippen molar-refractivity contribution in [1.29, 1.82) is 0 Å². The Morgan fingerprint density at radius 1 is 1.19 bits per heavy atom. The molecule has 2 aliphatic heterocycles. The van der Waals surface area contributed by atoms with Crippen molar-refractivity contribution in [3.8, 4) is 0 Å². The van der Waals surface area contributed by atoms with Crippen LogP contribution >= 0.6 is 24.0 Å². The summed E-state index contributed by atoms with van der Waals surface area (Å²) in [6, 6.07) is 4.13. The number of nitrogens with one attached hydrogen (secondary N) is 1. The van der Waals surface area contributed by atoms with E-state index in [1.807, 2.05) is 19.2 Å². The maximum absolute atomic E-state index is 12.3. The van der Waals surface area contributed by atoms with Crippen LogP contribution in [0.4, 0.5) is 5.82 Å². The van der Waals surface area contributed by atoms with Crippen molar-refractivity contribution >= 4 is 45.6 Å². The highest BCUT2D eigenvalue weighted by Crippen LogP contribution is 2.24. The van der Waals surface area contributed by atoms with Crippen molar-refractivity contribution in [2.75, 3.05) is 63.0 Å². The summed E-state index contributed by atoms with van der Waals surface area (Å²) < 4.78 is 23.9. The molecule has 31 heavy (non-hydrogen) atoms. The van der Waals surface area contributed by atoms with Crippen LogP contribution in [0.5, 0.6) is 0 Å². The first-order valence-corrected chi connectivity index (χ1v) is 12.6. The van der Waals surface area contributed by atoms with E-state index in [0.717, 1.165) is 56.6 Å². The fourth-order valence-electron chi connectivity index (χ4n) is 3.94. The molecule has 1 N–H and O–H groups in total. The molecule has 0 spiro atoms. The molecule has 1 aromatic rings. The van der Waals surface area contributed by atoms with E-state index in [1.165, 1.54) is 0 Å². The minimum Gasteiger partial charge on any atom is -0.357 e. The zero-order chi connectivity index (χ0) is 21.8. The van der Waals surface area contributed by atoms with Crippen LogP contribution in [-0.2, 0) is 16.4 Å². The fourth-order valence-corrected chi connectivity index (χ4v) is 5.31. The van der Waals surface area contributed by atoms with E-state index in [0.29, 0.717) is 19.6 Å². The summed E-state index contributed by atoms with van der Waals surface area (Å²) >= 11 is 0. The van der Waals surface area contributed by atoms with Gasteiger partial charge in [-0.3, -0.25) is 0 Å². The van der Waals surface area contributed by atoms with E-state index in [9.17, 15) is 8.42 Å². The molecule has 3 heterocycles. The van der Waals surface area contributed by atoms with Gasteiger partial charge < -0.3 is 20.0 Å². The molecule has 2 aliphatic rings. The maximum Gasteiger partial charge on any atom is 0.194 e. The quantitative estimate of drug-likeness (QED) is 0.332. The van der Waals surface area contributed by atoms with E-state index in [4.69, 9.17) is 4.99 Å². The molecule has 0 bridgehead atoms. The molecule has 176 valence electrons. The number of nitrogens with zero attached hydrogens (tertiary/aromatic N) is 5. The van der Waals surface area contributed by atoms with Crippen molar-refractivity contribution in [1.82, 2.24) is 20.1 Å². The Hall–Kier alpha value is -1.14. The number of hydrogen-bond donors (Lipinski definition) is 1. The van der Waals surface area contributed by atoms with Crippen LogP contribution in [0, 0.1) is 0 Å². The Balaban J connectivity index is 0.00000341. The number of piperazine rings is 1. The van der Waals surface area contributed by atoms with Gasteiger partial charge in [-0.15, -0.1) is 24.0 Å². The first-order valence-electron chi connectivity index (χ1n) is 10.9. The second-order valence-electron chi connectivity index (χ2n) is 8.61. The highest BCUT2D eigenvalue weighted by Gasteiger charge is 2.40. The van der Waals surface area contributed by atoms with Gasteiger partial charge in [-0.25, -0.2) is 18.4 Å². The molecule has 0 saturated carbocycles. The highest BCUT2D eigenvalue weighted by molar-refractivity contribution is 14.0. The molecule has 10 heteroatoms. The number of likely N-dealkylation sites (N-methyl/N-ethyl adjacent to an activating group) is 1. The second kappa shape index (κ2) is 11.1. The van der Waals surface area contributed by atoms with Gasteiger partial charge in [0, 0.05) is 52.0 Å². The lowest BCUT2D eigenvalue weighted by Crippen LogP contribution is -2.57. The Labute approximate surface area is 204 Å². The van der Waals surface area contributed by atoms with Crippen molar-refractivity contribution < 1.29 is 8.42 Å². The molecule has 0 atom stereocenters. The minimum absolute atomic E-state index is 0. The van der Waals surface area contributed by atoms with Crippen LogP contribution in [0.2, 0.25) is 0 Å². The molecule has 2 saturated heterocycles. The monoisotopic (exact) mass is 564 g/mol. The number of rotatable bonds is 5. The maximum atomic E-state index is 12.3. The first-order chi connectivity index (χ1) is 14.3. The summed E-state index contributed by atoms with van der Waals surface area (Å²) in [4.78, 5) is 16.2. The summed E-state index contributed by atoms with van der Waals surface area (Å²) in [5.41, 5.74) is 1.11. The topological polar surface area (TPSA) is 81.1 Å². The lowest BCUT2D eigenvalue weighted by Gasteiger charge is -2.39. The van der Waals surface area contributed by atoms with Crippen LogP contribution in [0.3, 0.4) is 0 Å². The van der Waals surface area contributed by atoms with E-state index in [2.05, 4.69) is 38.0 Å². The standard InChI is InChI=1S/C21H36N6O2S.HI/c1-5-22-20(27-13-14-30(28,29)21(3,4)17-27)24-16-18-7-8-23-19(15-18)26-11-9-25(6-2)10-12-26;/h7-8,15H,5-6,9-14,16-17H2,1-4H3,(H,22,24);1H. The van der Waals surface area contributed by atoms with Gasteiger partial charge in [-0.05, 0) is 45.0 Å². The van der Waals surface area contributed by atoms with Crippen LogP contribution < -0.4 is 10.2 Å². The van der Waals surface area contributed by atoms with Crippen molar-refractivity contribution in [2.45, 2.75) is 39.0 Å². The number of aliphatic imine (C=N–C) groups is 1.